The zero-order valence-corrected chi connectivity index (χ0v) is 30.7. The van der Waals surface area contributed by atoms with E-state index in [1.807, 2.05) is 24.3 Å². The van der Waals surface area contributed by atoms with E-state index >= 15 is 0 Å². The minimum absolute atomic E-state index is 0.0527. The van der Waals surface area contributed by atoms with Crippen LogP contribution in [0.1, 0.15) is 76.4 Å². The Hall–Kier alpha value is -6.01. The lowest BCUT2D eigenvalue weighted by molar-refractivity contribution is -0.138. The Bertz CT molecular complexity index is 2440. The van der Waals surface area contributed by atoms with Crippen LogP contribution < -0.4 is 4.74 Å². The smallest absolute Gasteiger partial charge is 0.416 e. The molecule has 1 atom stereocenters. The molecule has 1 unspecified atom stereocenters. The van der Waals surface area contributed by atoms with Gasteiger partial charge in [0.05, 0.1) is 17.3 Å². The van der Waals surface area contributed by atoms with Crippen molar-refractivity contribution in [3.8, 4) is 5.75 Å². The molecule has 6 aromatic rings. The molecular formula is C39H33F6N5O6S. The summed E-state index contributed by atoms with van der Waals surface area (Å²) in [7, 11) is -4.85. The Balaban J connectivity index is 0.970. The third-order valence-electron chi connectivity index (χ3n) is 8.85. The first-order valence-corrected chi connectivity index (χ1v) is 18.6. The van der Waals surface area contributed by atoms with E-state index in [-0.39, 0.29) is 29.8 Å². The summed E-state index contributed by atoms with van der Waals surface area (Å²) in [6.45, 7) is 1.74. The number of halogens is 6. The van der Waals surface area contributed by atoms with Crippen LogP contribution in [0.15, 0.2) is 100 Å². The summed E-state index contributed by atoms with van der Waals surface area (Å²) in [5.41, 5.74) is 0.748. The molecule has 0 fully saturated rings. The fourth-order valence-corrected chi connectivity index (χ4v) is 6.20. The molecule has 3 heterocycles. The molecule has 298 valence electrons. The Morgan fingerprint density at radius 2 is 1.30 bits per heavy atom. The Kier molecular flexibility index (Phi) is 11.8. The number of hydrogen-bond donors (Lipinski definition) is 1. The van der Waals surface area contributed by atoms with Gasteiger partial charge >= 0.3 is 12.4 Å². The summed E-state index contributed by atoms with van der Waals surface area (Å²) in [6, 6.07) is 16.6. The van der Waals surface area contributed by atoms with Gasteiger partial charge in [0.1, 0.15) is 42.0 Å². The molecule has 0 radical (unpaired) electrons. The van der Waals surface area contributed by atoms with Crippen molar-refractivity contribution in [2.75, 3.05) is 0 Å². The van der Waals surface area contributed by atoms with Gasteiger partial charge < -0.3 is 13.6 Å². The van der Waals surface area contributed by atoms with E-state index in [2.05, 4.69) is 20.3 Å². The van der Waals surface area contributed by atoms with E-state index in [1.54, 1.807) is 12.2 Å². The summed E-state index contributed by atoms with van der Waals surface area (Å²) >= 11 is 0. The molecule has 0 aliphatic heterocycles. The third kappa shape index (κ3) is 10.2. The molecule has 3 aromatic heterocycles. The zero-order valence-electron chi connectivity index (χ0n) is 29.9. The first-order chi connectivity index (χ1) is 27.0. The van der Waals surface area contributed by atoms with Crippen LogP contribution in [0.3, 0.4) is 0 Å². The number of aryl methyl sites for hydroxylation is 2. The molecule has 57 heavy (non-hydrogen) atoms. The Morgan fingerprint density at radius 3 is 1.86 bits per heavy atom. The van der Waals surface area contributed by atoms with E-state index in [1.165, 1.54) is 60.5 Å². The molecule has 0 spiro atoms. The normalized spacial score (nSPS) is 13.8. The molecule has 0 aliphatic rings. The molecule has 18 heteroatoms. The van der Waals surface area contributed by atoms with Crippen molar-refractivity contribution in [3.05, 3.63) is 148 Å². The van der Waals surface area contributed by atoms with Gasteiger partial charge in [0.15, 0.2) is 4.75 Å². The molecule has 6 rings (SSSR count). The van der Waals surface area contributed by atoms with Crippen molar-refractivity contribution in [1.29, 1.82) is 0 Å². The van der Waals surface area contributed by atoms with Crippen LogP contribution in [-0.4, -0.2) is 37.9 Å². The van der Waals surface area contributed by atoms with E-state index in [9.17, 15) is 39.3 Å². The topological polar surface area (TPSA) is 146 Å². The van der Waals surface area contributed by atoms with Crippen LogP contribution in [0.25, 0.3) is 24.3 Å². The average molecular weight is 814 g/mol. The lowest BCUT2D eigenvalue weighted by atomic mass is 10.0. The maximum Gasteiger partial charge on any atom is 0.416 e. The third-order valence-corrected chi connectivity index (χ3v) is 10.3. The number of rotatable bonds is 15. The number of nitrogens with zero attached hydrogens (tertiary/aromatic N) is 5. The van der Waals surface area contributed by atoms with Crippen LogP contribution in [0.4, 0.5) is 26.3 Å². The van der Waals surface area contributed by atoms with Crippen LogP contribution in [0.5, 0.6) is 5.75 Å². The second kappa shape index (κ2) is 16.6. The first kappa shape index (κ1) is 40.6. The van der Waals surface area contributed by atoms with Crippen LogP contribution in [-0.2, 0) is 46.8 Å². The van der Waals surface area contributed by atoms with Gasteiger partial charge in [-0.15, -0.1) is 5.10 Å². The summed E-state index contributed by atoms with van der Waals surface area (Å²) in [6.07, 6.45) is 3.08. The quantitative estimate of drug-likeness (QED) is 0.0605. The SMILES string of the molecule is CC(c1cn(CCCCc2ccc(OCc3coc(/C=C/c4ccc(C(F)(F)F)cc4)n3)cc2)nn1)(c1coc(/C=C/c2ccc(C(F)(F)F)cc2)n1)S(=O)(=O)O. The highest BCUT2D eigenvalue weighted by molar-refractivity contribution is 7.87. The number of benzene rings is 3. The number of alkyl halides is 6. The molecule has 0 saturated carbocycles. The van der Waals surface area contributed by atoms with E-state index in [4.69, 9.17) is 13.6 Å². The highest BCUT2D eigenvalue weighted by atomic mass is 32.2. The van der Waals surface area contributed by atoms with Crippen molar-refractivity contribution in [1.82, 2.24) is 25.0 Å². The first-order valence-electron chi connectivity index (χ1n) is 17.2. The fraction of sp³-hybridized carbons (Fsp3) is 0.231. The van der Waals surface area contributed by atoms with Gasteiger partial charge in [-0.25, -0.2) is 9.97 Å². The lowest BCUT2D eigenvalue weighted by Crippen LogP contribution is -2.34. The van der Waals surface area contributed by atoms with Gasteiger partial charge in [0.25, 0.3) is 10.1 Å². The maximum absolute atomic E-state index is 12.9. The molecule has 0 aliphatic carbocycles. The minimum atomic E-state index is -4.85. The van der Waals surface area contributed by atoms with Crippen LogP contribution in [0, 0.1) is 0 Å². The monoisotopic (exact) mass is 813 g/mol. The largest absolute Gasteiger partial charge is 0.487 e. The summed E-state index contributed by atoms with van der Waals surface area (Å²) < 4.78 is 128. The second-order valence-electron chi connectivity index (χ2n) is 12.9. The van der Waals surface area contributed by atoms with Crippen molar-refractivity contribution >= 4 is 34.4 Å². The predicted molar refractivity (Wildman–Crippen MR) is 195 cm³/mol. The van der Waals surface area contributed by atoms with Crippen molar-refractivity contribution in [2.24, 2.45) is 0 Å². The van der Waals surface area contributed by atoms with E-state index in [0.717, 1.165) is 48.9 Å². The van der Waals surface area contributed by atoms with Gasteiger partial charge in [0.2, 0.25) is 11.8 Å². The van der Waals surface area contributed by atoms with Crippen molar-refractivity contribution in [2.45, 2.75) is 56.4 Å². The Labute approximate surface area is 322 Å². The fourth-order valence-electron chi connectivity index (χ4n) is 5.48. The predicted octanol–water partition coefficient (Wildman–Crippen LogP) is 9.39. The van der Waals surface area contributed by atoms with E-state index in [0.29, 0.717) is 35.5 Å². The van der Waals surface area contributed by atoms with Gasteiger partial charge in [-0.3, -0.25) is 9.23 Å². The highest BCUT2D eigenvalue weighted by Crippen LogP contribution is 2.36. The van der Waals surface area contributed by atoms with Gasteiger partial charge in [-0.1, -0.05) is 41.6 Å². The molecule has 0 amide bonds. The molecular weight excluding hydrogens is 781 g/mol. The second-order valence-corrected chi connectivity index (χ2v) is 14.7. The summed E-state index contributed by atoms with van der Waals surface area (Å²) in [4.78, 5) is 8.49. The molecule has 0 bridgehead atoms. The van der Waals surface area contributed by atoms with E-state index < -0.39 is 38.3 Å². The average Bonchev–Trinajstić information content (AvgIpc) is 3.96. The zero-order chi connectivity index (χ0) is 40.8. The van der Waals surface area contributed by atoms with Gasteiger partial charge in [0, 0.05) is 18.7 Å². The van der Waals surface area contributed by atoms with Gasteiger partial charge in [-0.05, 0) is 91.4 Å². The number of oxazole rings is 2. The molecule has 3 aromatic carbocycles. The maximum atomic E-state index is 12.9. The standard InChI is InChI=1S/C39H33F6N5O6S/c1-37(57(51,52)53,34-25-56-36(47-34)20-12-28-7-15-30(16-8-28)39(43,44)45)33-22-50(49-48-33)21-3-2-4-26-9-17-32(18-10-26)54-23-31-24-55-35(46-31)19-11-27-5-13-29(14-6-27)38(40,41)42/h5-20,22,24-25H,2-4,21,23H2,1H3,(H,51,52,53)/b19-11+,20-12+. The molecule has 0 saturated heterocycles. The molecule has 1 N–H and O–H groups in total. The van der Waals surface area contributed by atoms with Crippen molar-refractivity contribution < 1.29 is 52.9 Å². The number of aromatic nitrogens is 5. The van der Waals surface area contributed by atoms with Crippen molar-refractivity contribution in [3.63, 3.8) is 0 Å². The van der Waals surface area contributed by atoms with Crippen LogP contribution >= 0.6 is 0 Å². The number of ether oxygens (including phenoxy) is 1. The number of unbranched alkanes of at least 4 members (excludes halogenated alkanes) is 1. The minimum Gasteiger partial charge on any atom is -0.487 e. The number of hydrogen-bond acceptors (Lipinski definition) is 9. The highest BCUT2D eigenvalue weighted by Gasteiger charge is 2.47. The summed E-state index contributed by atoms with van der Waals surface area (Å²) in [5.74, 6) is 0.827. The molecule has 11 nitrogen and oxygen atoms in total. The van der Waals surface area contributed by atoms with Crippen LogP contribution in [0.2, 0.25) is 0 Å². The summed E-state index contributed by atoms with van der Waals surface area (Å²) in [5, 5.41) is 8.04. The van der Waals surface area contributed by atoms with Gasteiger partial charge in [-0.2, -0.15) is 34.8 Å². The Morgan fingerprint density at radius 1 is 0.737 bits per heavy atom. The lowest BCUT2D eigenvalue weighted by Gasteiger charge is -2.20.